The van der Waals surface area contributed by atoms with Gasteiger partial charge in [0.25, 0.3) is 10.0 Å². The zero-order valence-electron chi connectivity index (χ0n) is 22.9. The second-order valence-electron chi connectivity index (χ2n) is 10.1. The van der Waals surface area contributed by atoms with Gasteiger partial charge in [-0.3, -0.25) is 9.40 Å². The fraction of sp³-hybridized carbons (Fsp3) is 0.143. The van der Waals surface area contributed by atoms with Crippen molar-refractivity contribution in [3.63, 3.8) is 0 Å². The number of hydrogen-bond donors (Lipinski definition) is 5. The van der Waals surface area contributed by atoms with Crippen LogP contribution in [0.4, 0.5) is 51.2 Å². The number of carbonyl (C=O) groups is 1. The number of carbonyl (C=O) groups excluding carboxylic acids is 1. The molecule has 0 saturated carbocycles. The SMILES string of the molecule is Nc1nc(NC2Cc3ccccc3N(S(=O)(=O)c3cccc(NC(=O)Nc4cc(C(F)(F)F)ccc4F)c3)C2)c2cn[nH]c2n1. The van der Waals surface area contributed by atoms with E-state index in [1.54, 1.807) is 18.2 Å². The molecular weight excluding hydrogens is 618 g/mol. The highest BCUT2D eigenvalue weighted by atomic mass is 32.2. The van der Waals surface area contributed by atoms with Crippen LogP contribution in [0.5, 0.6) is 0 Å². The van der Waals surface area contributed by atoms with E-state index < -0.39 is 45.3 Å². The van der Waals surface area contributed by atoms with Crippen molar-refractivity contribution in [3.05, 3.63) is 89.9 Å². The molecule has 2 aromatic heterocycles. The summed E-state index contributed by atoms with van der Waals surface area (Å²) in [6.07, 6.45) is -2.77. The van der Waals surface area contributed by atoms with Gasteiger partial charge < -0.3 is 21.7 Å². The number of alkyl halides is 3. The minimum absolute atomic E-state index is 0.000241. The fourth-order valence-electron chi connectivity index (χ4n) is 4.98. The van der Waals surface area contributed by atoms with Gasteiger partial charge in [-0.25, -0.2) is 17.6 Å². The van der Waals surface area contributed by atoms with Crippen LogP contribution in [0.2, 0.25) is 0 Å². The molecule has 5 aromatic rings. The van der Waals surface area contributed by atoms with E-state index >= 15 is 0 Å². The maximum atomic E-state index is 14.1. The molecule has 1 aliphatic rings. The van der Waals surface area contributed by atoms with Gasteiger partial charge in [0.2, 0.25) is 5.95 Å². The number of nitrogens with two attached hydrogens (primary N) is 1. The van der Waals surface area contributed by atoms with E-state index in [4.69, 9.17) is 5.73 Å². The molecule has 1 atom stereocenters. The van der Waals surface area contributed by atoms with E-state index in [1.165, 1.54) is 34.8 Å². The Morgan fingerprint density at radius 2 is 1.82 bits per heavy atom. The van der Waals surface area contributed by atoms with Crippen molar-refractivity contribution in [2.75, 3.05) is 32.5 Å². The zero-order chi connectivity index (χ0) is 31.9. The van der Waals surface area contributed by atoms with Crippen molar-refractivity contribution in [3.8, 4) is 0 Å². The Labute approximate surface area is 252 Å². The number of rotatable bonds is 6. The Morgan fingerprint density at radius 3 is 2.62 bits per heavy atom. The second kappa shape index (κ2) is 11.2. The first kappa shape index (κ1) is 29.6. The fourth-order valence-corrected chi connectivity index (χ4v) is 6.57. The molecule has 0 aliphatic carbocycles. The summed E-state index contributed by atoms with van der Waals surface area (Å²) in [5, 5.41) is 14.9. The van der Waals surface area contributed by atoms with Crippen LogP contribution in [0.25, 0.3) is 11.0 Å². The van der Waals surface area contributed by atoms with Gasteiger partial charge in [0.05, 0.1) is 46.0 Å². The van der Waals surface area contributed by atoms with Crippen molar-refractivity contribution in [2.24, 2.45) is 0 Å². The Morgan fingerprint density at radius 1 is 1.02 bits per heavy atom. The van der Waals surface area contributed by atoms with Gasteiger partial charge in [-0.2, -0.15) is 28.2 Å². The molecular formula is C28H23F4N9O3S. The van der Waals surface area contributed by atoms with Crippen LogP contribution in [0.3, 0.4) is 0 Å². The average Bonchev–Trinajstić information content (AvgIpc) is 3.46. The molecule has 12 nitrogen and oxygen atoms in total. The Kier molecular flexibility index (Phi) is 7.39. The molecule has 3 aromatic carbocycles. The monoisotopic (exact) mass is 641 g/mol. The van der Waals surface area contributed by atoms with E-state index in [9.17, 15) is 30.8 Å². The van der Waals surface area contributed by atoms with Gasteiger partial charge >= 0.3 is 12.2 Å². The molecule has 17 heteroatoms. The van der Waals surface area contributed by atoms with E-state index in [0.717, 1.165) is 5.56 Å². The number of nitrogens with zero attached hydrogens (tertiary/aromatic N) is 4. The standard InChI is InChI=1S/C28H23F4N9O3S/c29-21-9-8-16(28(30,31)32)11-22(21)37-27(42)36-17-5-3-6-19(12-17)45(43,44)41-14-18(10-15-4-1-2-7-23(15)41)35-24-20-13-34-40-25(20)39-26(33)38-24/h1-9,11-13,18H,10,14H2,(H2,36,37,42)(H4,33,34,35,38,39,40). The van der Waals surface area contributed by atoms with Crippen LogP contribution in [0, 0.1) is 5.82 Å². The number of amides is 2. The lowest BCUT2D eigenvalue weighted by molar-refractivity contribution is -0.137. The maximum Gasteiger partial charge on any atom is 0.416 e. The van der Waals surface area contributed by atoms with Crippen LogP contribution in [-0.2, 0) is 22.6 Å². The summed E-state index contributed by atoms with van der Waals surface area (Å²) in [7, 11) is -4.23. The third-order valence-electron chi connectivity index (χ3n) is 7.00. The van der Waals surface area contributed by atoms with Gasteiger partial charge in [-0.15, -0.1) is 0 Å². The third kappa shape index (κ3) is 6.01. The molecule has 2 amide bonds. The number of nitrogens with one attached hydrogen (secondary N) is 4. The van der Waals surface area contributed by atoms with Gasteiger partial charge in [0, 0.05) is 5.69 Å². The minimum Gasteiger partial charge on any atom is -0.368 e. The van der Waals surface area contributed by atoms with Crippen LogP contribution in [0.1, 0.15) is 11.1 Å². The molecule has 0 saturated heterocycles. The van der Waals surface area contributed by atoms with Crippen LogP contribution in [-0.4, -0.2) is 47.2 Å². The van der Waals surface area contributed by atoms with Crippen molar-refractivity contribution in [1.82, 2.24) is 20.2 Å². The molecule has 0 radical (unpaired) electrons. The molecule has 232 valence electrons. The number of fused-ring (bicyclic) bond motifs is 2. The second-order valence-corrected chi connectivity index (χ2v) is 11.9. The van der Waals surface area contributed by atoms with E-state index in [-0.39, 0.29) is 23.1 Å². The van der Waals surface area contributed by atoms with Crippen molar-refractivity contribution in [2.45, 2.75) is 23.5 Å². The Hall–Kier alpha value is -5.45. The van der Waals surface area contributed by atoms with Crippen molar-refractivity contribution >= 4 is 55.9 Å². The average molecular weight is 642 g/mol. The highest BCUT2D eigenvalue weighted by Crippen LogP contribution is 2.35. The number of urea groups is 1. The molecule has 3 heterocycles. The lowest BCUT2D eigenvalue weighted by atomic mass is 9.99. The van der Waals surface area contributed by atoms with Crippen LogP contribution >= 0.6 is 0 Å². The van der Waals surface area contributed by atoms with E-state index in [2.05, 4.69) is 30.8 Å². The topological polar surface area (TPSA) is 171 Å². The number of anilines is 5. The van der Waals surface area contributed by atoms with Crippen molar-refractivity contribution < 1.29 is 30.8 Å². The lowest BCUT2D eigenvalue weighted by Gasteiger charge is -2.36. The molecule has 6 N–H and O–H groups in total. The normalized spacial score (nSPS) is 15.0. The number of para-hydroxylation sites is 1. The summed E-state index contributed by atoms with van der Waals surface area (Å²) in [5.74, 6) is -0.707. The molecule has 45 heavy (non-hydrogen) atoms. The summed E-state index contributed by atoms with van der Waals surface area (Å²) in [5.41, 5.74) is 5.61. The third-order valence-corrected chi connectivity index (χ3v) is 8.78. The minimum atomic E-state index is -4.75. The molecule has 6 rings (SSSR count). The number of aromatic amines is 1. The molecule has 0 fully saturated rings. The maximum absolute atomic E-state index is 14.1. The number of aromatic nitrogens is 4. The number of nitrogen functional groups attached to an aromatic ring is 1. The molecule has 0 spiro atoms. The first-order valence-corrected chi connectivity index (χ1v) is 14.7. The van der Waals surface area contributed by atoms with Gasteiger partial charge in [-0.1, -0.05) is 24.3 Å². The number of halogens is 4. The van der Waals surface area contributed by atoms with Crippen LogP contribution in [0.15, 0.2) is 77.8 Å². The molecule has 1 aliphatic heterocycles. The lowest BCUT2D eigenvalue weighted by Crippen LogP contribution is -2.45. The van der Waals surface area contributed by atoms with Gasteiger partial charge in [-0.05, 0) is 54.4 Å². The highest BCUT2D eigenvalue weighted by molar-refractivity contribution is 7.92. The number of sulfonamides is 1. The summed E-state index contributed by atoms with van der Waals surface area (Å²) < 4.78 is 82.6. The summed E-state index contributed by atoms with van der Waals surface area (Å²) >= 11 is 0. The predicted octanol–water partition coefficient (Wildman–Crippen LogP) is 4.97. The van der Waals surface area contributed by atoms with Gasteiger partial charge in [0.1, 0.15) is 11.6 Å². The number of hydrogen-bond acceptors (Lipinski definition) is 8. The van der Waals surface area contributed by atoms with Crippen LogP contribution < -0.4 is 26.0 Å². The number of benzene rings is 3. The molecule has 1 unspecified atom stereocenters. The first-order valence-electron chi connectivity index (χ1n) is 13.3. The largest absolute Gasteiger partial charge is 0.416 e. The number of H-pyrrole nitrogens is 1. The predicted molar refractivity (Wildman–Crippen MR) is 159 cm³/mol. The van der Waals surface area contributed by atoms with Gasteiger partial charge in [0.15, 0.2) is 5.65 Å². The summed E-state index contributed by atoms with van der Waals surface area (Å²) in [6.45, 7) is -0.00440. The smallest absolute Gasteiger partial charge is 0.368 e. The zero-order valence-corrected chi connectivity index (χ0v) is 23.7. The first-order chi connectivity index (χ1) is 21.4. The quantitative estimate of drug-likeness (QED) is 0.162. The Balaban J connectivity index is 1.25. The summed E-state index contributed by atoms with van der Waals surface area (Å²) in [4.78, 5) is 20.8. The Bertz CT molecular complexity index is 2040. The highest BCUT2D eigenvalue weighted by Gasteiger charge is 2.34. The van der Waals surface area contributed by atoms with E-state index in [1.807, 2.05) is 11.4 Å². The van der Waals surface area contributed by atoms with Crippen molar-refractivity contribution in [1.29, 1.82) is 0 Å². The molecule has 0 bridgehead atoms. The van der Waals surface area contributed by atoms with E-state index in [0.29, 0.717) is 47.2 Å². The summed E-state index contributed by atoms with van der Waals surface area (Å²) in [6, 6.07) is 12.4.